The van der Waals surface area contributed by atoms with Crippen molar-refractivity contribution in [1.82, 2.24) is 19.4 Å². The van der Waals surface area contributed by atoms with Crippen LogP contribution in [0.5, 0.6) is 0 Å². The average molecular weight is 389 g/mol. The van der Waals surface area contributed by atoms with Crippen molar-refractivity contribution in [2.24, 2.45) is 5.92 Å². The highest BCUT2D eigenvalue weighted by Crippen LogP contribution is 2.24. The molecule has 0 N–H and O–H groups in total. The van der Waals surface area contributed by atoms with Crippen molar-refractivity contribution in [3.05, 3.63) is 35.6 Å². The van der Waals surface area contributed by atoms with Crippen LogP contribution in [0.4, 0.5) is 0 Å². The van der Waals surface area contributed by atoms with Gasteiger partial charge in [0.05, 0.1) is 13.2 Å². The first-order valence-corrected chi connectivity index (χ1v) is 10.8. The van der Waals surface area contributed by atoms with E-state index in [0.29, 0.717) is 31.5 Å². The van der Waals surface area contributed by atoms with E-state index in [1.165, 1.54) is 18.5 Å². The number of nitrogens with zero attached hydrogens (tertiary/aromatic N) is 4. The van der Waals surface area contributed by atoms with Crippen LogP contribution in [0.3, 0.4) is 0 Å². The fourth-order valence-electron chi connectivity index (χ4n) is 4.03. The van der Waals surface area contributed by atoms with E-state index < -0.39 is 0 Å². The molecule has 2 aliphatic heterocycles. The third-order valence-electron chi connectivity index (χ3n) is 5.68. The number of hydrogen-bond donors (Lipinski definition) is 0. The number of aromatic nitrogens is 2. The van der Waals surface area contributed by atoms with Crippen LogP contribution in [0.15, 0.2) is 29.9 Å². The number of hydrogen-bond acceptors (Lipinski definition) is 5. The molecular weight excluding hydrogens is 360 g/mol. The largest absolute Gasteiger partial charge is 0.378 e. The highest BCUT2D eigenvalue weighted by molar-refractivity contribution is 7.12. The van der Waals surface area contributed by atoms with Crippen molar-refractivity contribution in [3.63, 3.8) is 0 Å². The maximum absolute atomic E-state index is 12.3. The van der Waals surface area contributed by atoms with E-state index in [1.54, 1.807) is 11.3 Å². The Morgan fingerprint density at radius 2 is 2.04 bits per heavy atom. The minimum atomic E-state index is 0.307. The predicted octanol–water partition coefficient (Wildman–Crippen LogP) is 2.78. The first kappa shape index (κ1) is 18.7. The Morgan fingerprint density at radius 1 is 1.22 bits per heavy atom. The highest BCUT2D eigenvalue weighted by atomic mass is 32.1. The molecule has 2 aromatic rings. The van der Waals surface area contributed by atoms with Crippen molar-refractivity contribution < 1.29 is 9.53 Å². The van der Waals surface area contributed by atoms with Gasteiger partial charge in [0.15, 0.2) is 5.13 Å². The van der Waals surface area contributed by atoms with Gasteiger partial charge in [-0.05, 0) is 50.4 Å². The molecule has 4 heterocycles. The van der Waals surface area contributed by atoms with Crippen LogP contribution in [0, 0.1) is 5.92 Å². The number of carbonyl (C=O) groups is 1. The van der Waals surface area contributed by atoms with E-state index in [-0.39, 0.29) is 0 Å². The Morgan fingerprint density at radius 3 is 2.78 bits per heavy atom. The number of piperidine rings is 1. The molecule has 2 fully saturated rings. The molecule has 0 saturated carbocycles. The zero-order chi connectivity index (χ0) is 18.5. The number of ether oxygens (including phenoxy) is 1. The zero-order valence-corrected chi connectivity index (χ0v) is 16.6. The summed E-state index contributed by atoms with van der Waals surface area (Å²) in [6.07, 6.45) is 8.05. The van der Waals surface area contributed by atoms with Gasteiger partial charge in [-0.15, -0.1) is 11.3 Å². The summed E-state index contributed by atoms with van der Waals surface area (Å²) in [5.74, 6) is 0.985. The van der Waals surface area contributed by atoms with E-state index in [4.69, 9.17) is 4.74 Å². The number of rotatable bonds is 6. The summed E-state index contributed by atoms with van der Waals surface area (Å²) in [5, 5.41) is 3.05. The minimum absolute atomic E-state index is 0.307. The van der Waals surface area contributed by atoms with Crippen LogP contribution in [-0.4, -0.2) is 64.7 Å². The van der Waals surface area contributed by atoms with Gasteiger partial charge in [0, 0.05) is 49.5 Å². The Bertz CT molecular complexity index is 716. The fourth-order valence-corrected chi connectivity index (χ4v) is 4.68. The molecule has 27 heavy (non-hydrogen) atoms. The lowest BCUT2D eigenvalue weighted by Crippen LogP contribution is -2.41. The van der Waals surface area contributed by atoms with Gasteiger partial charge in [0.2, 0.25) is 5.91 Å². The first-order valence-electron chi connectivity index (χ1n) is 9.93. The molecule has 1 amide bonds. The summed E-state index contributed by atoms with van der Waals surface area (Å²) < 4.78 is 7.52. The smallest absolute Gasteiger partial charge is 0.222 e. The standard InChI is InChI=1S/C20H28N4O2S/c25-19(23-11-13-26-14-12-23)4-3-17-5-9-22(10-6-17)16-18-2-1-8-24(18)20-21-7-15-27-20/h1-2,7-8,15,17H,3-6,9-14,16H2. The fraction of sp³-hybridized carbons (Fsp3) is 0.600. The van der Waals surface area contributed by atoms with E-state index in [9.17, 15) is 4.79 Å². The van der Waals surface area contributed by atoms with Crippen LogP contribution >= 0.6 is 11.3 Å². The quantitative estimate of drug-likeness (QED) is 0.764. The SMILES string of the molecule is O=C(CCC1CCN(Cc2cccn2-c2nccs2)CC1)N1CCOCC1. The van der Waals surface area contributed by atoms with Crippen molar-refractivity contribution >= 4 is 17.2 Å². The van der Waals surface area contributed by atoms with Gasteiger partial charge in [-0.25, -0.2) is 4.98 Å². The van der Waals surface area contributed by atoms with Gasteiger partial charge in [0.1, 0.15) is 0 Å². The number of carbonyl (C=O) groups excluding carboxylic acids is 1. The van der Waals surface area contributed by atoms with Gasteiger partial charge < -0.3 is 9.64 Å². The normalized spacial score (nSPS) is 19.5. The second-order valence-electron chi connectivity index (χ2n) is 7.44. The summed E-state index contributed by atoms with van der Waals surface area (Å²) in [5.41, 5.74) is 1.30. The monoisotopic (exact) mass is 388 g/mol. The molecule has 2 saturated heterocycles. The molecule has 0 radical (unpaired) electrons. The lowest BCUT2D eigenvalue weighted by atomic mass is 9.92. The molecule has 146 valence electrons. The Kier molecular flexibility index (Phi) is 6.21. The summed E-state index contributed by atoms with van der Waals surface area (Å²) >= 11 is 1.67. The number of likely N-dealkylation sites (tertiary alicyclic amines) is 1. The summed E-state index contributed by atoms with van der Waals surface area (Å²) in [7, 11) is 0. The van der Waals surface area contributed by atoms with Crippen LogP contribution in [0.25, 0.3) is 5.13 Å². The summed E-state index contributed by atoms with van der Waals surface area (Å²) in [6, 6.07) is 4.29. The molecule has 0 spiro atoms. The van der Waals surface area contributed by atoms with E-state index in [2.05, 4.69) is 32.8 Å². The lowest BCUT2D eigenvalue weighted by Gasteiger charge is -2.32. The summed E-state index contributed by atoms with van der Waals surface area (Å²) in [4.78, 5) is 21.2. The maximum Gasteiger partial charge on any atom is 0.222 e. The molecule has 0 bridgehead atoms. The van der Waals surface area contributed by atoms with E-state index in [1.807, 2.05) is 16.5 Å². The van der Waals surface area contributed by atoms with E-state index in [0.717, 1.165) is 44.3 Å². The number of thiazole rings is 1. The third kappa shape index (κ3) is 4.78. The van der Waals surface area contributed by atoms with Gasteiger partial charge in [-0.1, -0.05) is 0 Å². The number of morpholine rings is 1. The molecule has 0 unspecified atom stereocenters. The second kappa shape index (κ2) is 8.99. The predicted molar refractivity (Wildman–Crippen MR) is 106 cm³/mol. The molecular formula is C20H28N4O2S. The third-order valence-corrected chi connectivity index (χ3v) is 6.45. The molecule has 7 heteroatoms. The van der Waals surface area contributed by atoms with Crippen molar-refractivity contribution in [2.75, 3.05) is 39.4 Å². The van der Waals surface area contributed by atoms with Gasteiger partial charge >= 0.3 is 0 Å². The van der Waals surface area contributed by atoms with Crippen molar-refractivity contribution in [1.29, 1.82) is 0 Å². The van der Waals surface area contributed by atoms with Crippen molar-refractivity contribution in [3.8, 4) is 5.13 Å². The van der Waals surface area contributed by atoms with Crippen LogP contribution in [0.1, 0.15) is 31.4 Å². The maximum atomic E-state index is 12.3. The minimum Gasteiger partial charge on any atom is -0.378 e. The first-order chi connectivity index (χ1) is 13.3. The molecule has 0 aromatic carbocycles. The second-order valence-corrected chi connectivity index (χ2v) is 8.31. The van der Waals surface area contributed by atoms with Crippen molar-refractivity contribution in [2.45, 2.75) is 32.2 Å². The molecule has 0 aliphatic carbocycles. The Hall–Kier alpha value is -1.70. The topological polar surface area (TPSA) is 50.6 Å². The molecule has 6 nitrogen and oxygen atoms in total. The van der Waals surface area contributed by atoms with Crippen LogP contribution in [-0.2, 0) is 16.1 Å². The van der Waals surface area contributed by atoms with Gasteiger partial charge in [0.25, 0.3) is 0 Å². The van der Waals surface area contributed by atoms with Crippen LogP contribution < -0.4 is 0 Å². The average Bonchev–Trinajstić information content (AvgIpc) is 3.39. The van der Waals surface area contributed by atoms with E-state index >= 15 is 0 Å². The highest BCUT2D eigenvalue weighted by Gasteiger charge is 2.23. The summed E-state index contributed by atoms with van der Waals surface area (Å²) in [6.45, 7) is 6.08. The molecule has 4 rings (SSSR count). The van der Waals surface area contributed by atoms with Gasteiger partial charge in [-0.2, -0.15) is 0 Å². The molecule has 2 aliphatic rings. The molecule has 2 aromatic heterocycles. The van der Waals surface area contributed by atoms with Crippen LogP contribution in [0.2, 0.25) is 0 Å². The lowest BCUT2D eigenvalue weighted by molar-refractivity contribution is -0.135. The Balaban J connectivity index is 1.22. The number of amides is 1. The zero-order valence-electron chi connectivity index (χ0n) is 15.8. The Labute approximate surface area is 164 Å². The van der Waals surface area contributed by atoms with Gasteiger partial charge in [-0.3, -0.25) is 14.3 Å². The molecule has 0 atom stereocenters.